The number of nitrogens with one attached hydrogen (secondary N) is 2. The molecule has 0 saturated heterocycles. The van der Waals surface area contributed by atoms with E-state index in [-0.39, 0.29) is 11.9 Å². The molecule has 2 N–H and O–H groups in total. The van der Waals surface area contributed by atoms with Gasteiger partial charge in [-0.3, -0.25) is 15.2 Å². The van der Waals surface area contributed by atoms with Crippen LogP contribution in [0.5, 0.6) is 0 Å². The van der Waals surface area contributed by atoms with Gasteiger partial charge in [0.05, 0.1) is 18.4 Å². The predicted octanol–water partition coefficient (Wildman–Crippen LogP) is 3.10. The van der Waals surface area contributed by atoms with Gasteiger partial charge in [0, 0.05) is 25.0 Å². The number of aliphatic imine (C=N–C) groups is 1. The summed E-state index contributed by atoms with van der Waals surface area (Å²) in [5.74, 6) is 1.15. The van der Waals surface area contributed by atoms with Gasteiger partial charge >= 0.3 is 0 Å². The van der Waals surface area contributed by atoms with E-state index in [2.05, 4.69) is 20.8 Å². The van der Waals surface area contributed by atoms with Gasteiger partial charge in [0.25, 0.3) is 0 Å². The number of benzene rings is 1. The summed E-state index contributed by atoms with van der Waals surface area (Å²) in [6, 6.07) is 7.87. The van der Waals surface area contributed by atoms with Crippen molar-refractivity contribution in [3.8, 4) is 0 Å². The highest BCUT2D eigenvalue weighted by atomic mass is 32.2. The van der Waals surface area contributed by atoms with Crippen LogP contribution < -0.4 is 10.7 Å². The molecule has 1 amide bonds. The number of methoxy groups -OCH3 is 1. The van der Waals surface area contributed by atoms with Gasteiger partial charge in [-0.05, 0) is 30.5 Å². The average Bonchev–Trinajstić information content (AvgIpc) is 2.56. The number of thioether (sulfide) groups is 1. The molecule has 1 aromatic carbocycles. The van der Waals surface area contributed by atoms with Crippen LogP contribution >= 0.6 is 11.8 Å². The van der Waals surface area contributed by atoms with Gasteiger partial charge in [0.15, 0.2) is 5.17 Å². The Morgan fingerprint density at radius 2 is 2.08 bits per heavy atom. The summed E-state index contributed by atoms with van der Waals surface area (Å²) in [6.45, 7) is 6.65. The highest BCUT2D eigenvalue weighted by molar-refractivity contribution is 8.14. The van der Waals surface area contributed by atoms with Crippen LogP contribution in [-0.4, -0.2) is 42.3 Å². The highest BCUT2D eigenvalue weighted by Crippen LogP contribution is 2.17. The number of carbonyl (C=O) groups excluding carboxylic acids is 1. The lowest BCUT2D eigenvalue weighted by atomic mass is 10.1. The minimum atomic E-state index is 0.0426. The molecule has 1 aliphatic heterocycles. The number of anilines is 1. The maximum Gasteiger partial charge on any atom is 0.224 e. The summed E-state index contributed by atoms with van der Waals surface area (Å²) < 4.78 is 5.09. The number of hydrogen-bond acceptors (Lipinski definition) is 5. The number of amidine groups is 1. The van der Waals surface area contributed by atoms with Gasteiger partial charge in [-0.2, -0.15) is 5.10 Å². The fraction of sp³-hybridized carbons (Fsp3) is 0.500. The zero-order valence-electron chi connectivity index (χ0n) is 15.2. The molecule has 1 aliphatic rings. The summed E-state index contributed by atoms with van der Waals surface area (Å²) in [5.41, 5.74) is 5.80. The molecule has 0 aliphatic carbocycles. The SMILES string of the molecule is COC[C@@H](C)N=C1NN=C(c2ccc(NC(=O)CC(C)C)cc2)CS1. The lowest BCUT2D eigenvalue weighted by Crippen LogP contribution is -2.27. The number of nitrogens with zero attached hydrogens (tertiary/aromatic N) is 2. The molecule has 0 spiro atoms. The zero-order valence-corrected chi connectivity index (χ0v) is 16.0. The second-order valence-electron chi connectivity index (χ2n) is 6.42. The number of rotatable bonds is 7. The molecule has 25 heavy (non-hydrogen) atoms. The van der Waals surface area contributed by atoms with Gasteiger partial charge in [0.2, 0.25) is 5.91 Å². The molecule has 7 heteroatoms. The fourth-order valence-electron chi connectivity index (χ4n) is 2.34. The summed E-state index contributed by atoms with van der Waals surface area (Å²) in [4.78, 5) is 16.3. The van der Waals surface area contributed by atoms with E-state index in [4.69, 9.17) is 4.74 Å². The van der Waals surface area contributed by atoms with E-state index in [0.29, 0.717) is 18.9 Å². The van der Waals surface area contributed by atoms with Crippen molar-refractivity contribution in [2.24, 2.45) is 16.0 Å². The van der Waals surface area contributed by atoms with Crippen molar-refractivity contribution in [1.82, 2.24) is 5.43 Å². The van der Waals surface area contributed by atoms with E-state index in [1.54, 1.807) is 18.9 Å². The molecule has 2 rings (SSSR count). The number of carbonyl (C=O) groups is 1. The Kier molecular flexibility index (Phi) is 7.46. The topological polar surface area (TPSA) is 75.1 Å². The molecular formula is C18H26N4O2S. The Labute approximate surface area is 153 Å². The van der Waals surface area contributed by atoms with Gasteiger partial charge in [-0.15, -0.1) is 0 Å². The minimum Gasteiger partial charge on any atom is -0.382 e. The van der Waals surface area contributed by atoms with Gasteiger partial charge in [0.1, 0.15) is 0 Å². The van der Waals surface area contributed by atoms with Crippen LogP contribution in [0.1, 0.15) is 32.8 Å². The Bertz CT molecular complexity index is 641. The Hall–Kier alpha value is -1.86. The standard InChI is InChI=1S/C18H26N4O2S/c1-12(2)9-17(23)20-15-7-5-14(6-8-15)16-11-25-18(22-21-16)19-13(3)10-24-4/h5-8,12-13H,9-11H2,1-4H3,(H,19,22)(H,20,23)/t13-/m1/s1. The molecule has 0 aromatic heterocycles. The first-order chi connectivity index (χ1) is 12.0. The largest absolute Gasteiger partial charge is 0.382 e. The third kappa shape index (κ3) is 6.51. The van der Waals surface area contributed by atoms with Crippen molar-refractivity contribution < 1.29 is 9.53 Å². The second-order valence-corrected chi connectivity index (χ2v) is 7.39. The Morgan fingerprint density at radius 1 is 1.36 bits per heavy atom. The van der Waals surface area contributed by atoms with E-state index >= 15 is 0 Å². The number of amides is 1. The fourth-order valence-corrected chi connectivity index (χ4v) is 3.21. The summed E-state index contributed by atoms with van der Waals surface area (Å²) in [7, 11) is 1.67. The van der Waals surface area contributed by atoms with Crippen LogP contribution in [0.25, 0.3) is 0 Å². The zero-order chi connectivity index (χ0) is 18.2. The smallest absolute Gasteiger partial charge is 0.224 e. The first kappa shape index (κ1) is 19.5. The highest BCUT2D eigenvalue weighted by Gasteiger charge is 2.14. The molecule has 0 unspecified atom stereocenters. The monoisotopic (exact) mass is 362 g/mol. The van der Waals surface area contributed by atoms with Gasteiger partial charge < -0.3 is 10.1 Å². The summed E-state index contributed by atoms with van der Waals surface area (Å²) >= 11 is 1.62. The van der Waals surface area contributed by atoms with Crippen molar-refractivity contribution in [2.45, 2.75) is 33.2 Å². The molecule has 6 nitrogen and oxygen atoms in total. The maximum atomic E-state index is 11.8. The van der Waals surface area contributed by atoms with Crippen molar-refractivity contribution >= 4 is 34.2 Å². The quantitative estimate of drug-likeness (QED) is 0.781. The van der Waals surface area contributed by atoms with Crippen LogP contribution in [0, 0.1) is 5.92 Å². The van der Waals surface area contributed by atoms with Crippen molar-refractivity contribution in [3.05, 3.63) is 29.8 Å². The summed E-state index contributed by atoms with van der Waals surface area (Å²) in [6.07, 6.45) is 0.526. The molecule has 0 saturated carbocycles. The molecule has 0 radical (unpaired) electrons. The van der Waals surface area contributed by atoms with Crippen LogP contribution in [0.3, 0.4) is 0 Å². The first-order valence-electron chi connectivity index (χ1n) is 8.40. The molecule has 0 bridgehead atoms. The Balaban J connectivity index is 1.94. The van der Waals surface area contributed by atoms with E-state index in [1.807, 2.05) is 45.0 Å². The first-order valence-corrected chi connectivity index (χ1v) is 9.39. The molecule has 136 valence electrons. The van der Waals surface area contributed by atoms with Crippen LogP contribution in [0.4, 0.5) is 5.69 Å². The van der Waals surface area contributed by atoms with Crippen LogP contribution in [0.2, 0.25) is 0 Å². The van der Waals surface area contributed by atoms with Crippen molar-refractivity contribution in [3.63, 3.8) is 0 Å². The Morgan fingerprint density at radius 3 is 2.64 bits per heavy atom. The molecule has 1 atom stereocenters. The lowest BCUT2D eigenvalue weighted by Gasteiger charge is -2.16. The molecule has 0 fully saturated rings. The third-order valence-corrected chi connectivity index (χ3v) is 4.36. The van der Waals surface area contributed by atoms with E-state index in [9.17, 15) is 4.79 Å². The molecule has 1 heterocycles. The predicted molar refractivity (Wildman–Crippen MR) is 105 cm³/mol. The van der Waals surface area contributed by atoms with E-state index in [1.165, 1.54) is 0 Å². The summed E-state index contributed by atoms with van der Waals surface area (Å²) in [5, 5.41) is 8.14. The van der Waals surface area contributed by atoms with Crippen LogP contribution in [0.15, 0.2) is 34.4 Å². The van der Waals surface area contributed by atoms with Crippen molar-refractivity contribution in [1.29, 1.82) is 0 Å². The average molecular weight is 362 g/mol. The normalized spacial score (nSPS) is 17.2. The van der Waals surface area contributed by atoms with Gasteiger partial charge in [-0.1, -0.05) is 37.7 Å². The lowest BCUT2D eigenvalue weighted by molar-refractivity contribution is -0.116. The number of hydrogen-bond donors (Lipinski definition) is 2. The van der Waals surface area contributed by atoms with E-state index < -0.39 is 0 Å². The molecule has 1 aromatic rings. The third-order valence-electron chi connectivity index (χ3n) is 3.47. The van der Waals surface area contributed by atoms with Crippen molar-refractivity contribution in [2.75, 3.05) is 24.8 Å². The van der Waals surface area contributed by atoms with Crippen LogP contribution in [-0.2, 0) is 9.53 Å². The van der Waals surface area contributed by atoms with E-state index in [0.717, 1.165) is 27.9 Å². The number of ether oxygens (including phenoxy) is 1. The molecular weight excluding hydrogens is 336 g/mol. The second kappa shape index (κ2) is 9.58. The maximum absolute atomic E-state index is 11.8. The van der Waals surface area contributed by atoms with Gasteiger partial charge in [-0.25, -0.2) is 0 Å². The minimum absolute atomic E-state index is 0.0426. The number of hydrazone groups is 1.